The molecule has 0 aliphatic carbocycles. The molecule has 0 saturated heterocycles. The van der Waals surface area contributed by atoms with Crippen molar-refractivity contribution in [3.8, 4) is 0 Å². The molecule has 14 nitrogen and oxygen atoms in total. The van der Waals surface area contributed by atoms with Crippen molar-refractivity contribution in [1.29, 1.82) is 0 Å². The maximum Gasteiger partial charge on any atom is 0.692 e. The molecule has 0 atom stereocenters. The van der Waals surface area contributed by atoms with Crippen LogP contribution in [0.4, 0.5) is 0 Å². The van der Waals surface area contributed by atoms with E-state index in [4.69, 9.17) is 57.4 Å². The van der Waals surface area contributed by atoms with Gasteiger partial charge in [-0.2, -0.15) is 0 Å². The second kappa shape index (κ2) is 42.8. The molecule has 0 amide bonds. The van der Waals surface area contributed by atoms with E-state index < -0.39 is 33.0 Å². The van der Waals surface area contributed by atoms with Gasteiger partial charge in [-0.1, -0.05) is 0 Å². The van der Waals surface area contributed by atoms with Crippen molar-refractivity contribution >= 4 is 33.0 Å². The van der Waals surface area contributed by atoms with Crippen molar-refractivity contribution in [3.63, 3.8) is 0 Å². The monoisotopic (exact) mass is 386 g/mol. The zero-order valence-corrected chi connectivity index (χ0v) is 13.4. The SMILES string of the molecule is C=C.N.N.O=[P+](O)O.O=[P+](O)O.O=[P+](O)O.O=[P+](O)O. The van der Waals surface area contributed by atoms with Gasteiger partial charge in [0.15, 0.2) is 0 Å². The van der Waals surface area contributed by atoms with E-state index in [2.05, 4.69) is 13.2 Å². The highest BCUT2D eigenvalue weighted by atomic mass is 31.1. The van der Waals surface area contributed by atoms with E-state index in [1.807, 2.05) is 0 Å². The Kier molecular flexibility index (Phi) is 91.4. The Bertz CT molecular complexity index is 184. The summed E-state index contributed by atoms with van der Waals surface area (Å²) in [6.45, 7) is 6.00. The zero-order chi connectivity index (χ0) is 16.3. The van der Waals surface area contributed by atoms with Gasteiger partial charge in [0, 0.05) is 18.3 Å². The van der Waals surface area contributed by atoms with Crippen molar-refractivity contribution in [3.05, 3.63) is 13.2 Å². The molecule has 0 rings (SSSR count). The molecule has 18 heteroatoms. The van der Waals surface area contributed by atoms with Gasteiger partial charge in [-0.15, -0.1) is 52.3 Å². The molecule has 0 aliphatic heterocycles. The van der Waals surface area contributed by atoms with Gasteiger partial charge < -0.3 is 12.3 Å². The Morgan fingerprint density at radius 1 is 0.450 bits per heavy atom. The van der Waals surface area contributed by atoms with Crippen LogP contribution < -0.4 is 12.3 Å². The van der Waals surface area contributed by atoms with Crippen molar-refractivity contribution in [2.75, 3.05) is 0 Å². The first kappa shape index (κ1) is 42.7. The maximum atomic E-state index is 8.70. The summed E-state index contributed by atoms with van der Waals surface area (Å²) in [5.41, 5.74) is 0. The lowest BCUT2D eigenvalue weighted by molar-refractivity contribution is 0.403. The third-order valence-corrected chi connectivity index (χ3v) is 0. The van der Waals surface area contributed by atoms with E-state index in [1.165, 1.54) is 0 Å². The molecule has 0 aromatic carbocycles. The quantitative estimate of drug-likeness (QED) is 0.188. The van der Waals surface area contributed by atoms with E-state index in [9.17, 15) is 0 Å². The second-order valence-corrected chi connectivity index (χ2v) is 3.03. The fourth-order valence-electron chi connectivity index (χ4n) is 0. The molecular weight excluding hydrogens is 368 g/mol. The van der Waals surface area contributed by atoms with Crippen LogP contribution in [0.15, 0.2) is 13.2 Å². The van der Waals surface area contributed by atoms with E-state index in [0.717, 1.165) is 0 Å². The van der Waals surface area contributed by atoms with Gasteiger partial charge in [-0.25, -0.2) is 0 Å². The van der Waals surface area contributed by atoms with E-state index in [-0.39, 0.29) is 12.3 Å². The van der Waals surface area contributed by atoms with Crippen LogP contribution in [0.25, 0.3) is 0 Å². The van der Waals surface area contributed by atoms with Crippen molar-refractivity contribution in [2.24, 2.45) is 0 Å². The highest BCUT2D eigenvalue weighted by Gasteiger charge is 1.94. The van der Waals surface area contributed by atoms with Crippen LogP contribution in [-0.4, -0.2) is 39.1 Å². The summed E-state index contributed by atoms with van der Waals surface area (Å²) >= 11 is 0. The van der Waals surface area contributed by atoms with E-state index in [1.54, 1.807) is 0 Å². The van der Waals surface area contributed by atoms with Gasteiger partial charge in [0.1, 0.15) is 0 Å². The second-order valence-electron chi connectivity index (χ2n) is 1.01. The smallest absolute Gasteiger partial charge is 0.344 e. The Hall–Kier alpha value is -0.260. The molecule has 0 aromatic heterocycles. The predicted octanol–water partition coefficient (Wildman–Crippen LogP) is -0.360. The molecule has 0 fully saturated rings. The van der Waals surface area contributed by atoms with Gasteiger partial charge >= 0.3 is 33.0 Å². The highest BCUT2D eigenvalue weighted by molar-refractivity contribution is 7.31. The van der Waals surface area contributed by atoms with Crippen molar-refractivity contribution in [1.82, 2.24) is 12.3 Å². The van der Waals surface area contributed by atoms with Gasteiger partial charge in [0.25, 0.3) is 0 Å². The van der Waals surface area contributed by atoms with Gasteiger partial charge in [-0.05, 0) is 0 Å². The minimum absolute atomic E-state index is 0. The Labute approximate surface area is 117 Å². The fraction of sp³-hybridized carbons (Fsp3) is 0. The van der Waals surface area contributed by atoms with Gasteiger partial charge in [-0.3, -0.25) is 0 Å². The molecule has 0 aliphatic rings. The summed E-state index contributed by atoms with van der Waals surface area (Å²) in [6.07, 6.45) is 0. The van der Waals surface area contributed by atoms with Crippen molar-refractivity contribution in [2.45, 2.75) is 0 Å². The van der Waals surface area contributed by atoms with E-state index in [0.29, 0.717) is 0 Å². The standard InChI is InChI=1S/C2H4.2H3N.4HO3P/c1-2;;;4*1-4(2)3/h1-2H2;2*1H3;4*(H-,1,2,3)/p+4. The van der Waals surface area contributed by atoms with E-state index >= 15 is 0 Å². The average molecular weight is 386 g/mol. The minimum atomic E-state index is -2.87. The fourth-order valence-corrected chi connectivity index (χ4v) is 0. The molecule has 14 N–H and O–H groups in total. The van der Waals surface area contributed by atoms with Crippen LogP contribution in [0.5, 0.6) is 0 Å². The molecule has 20 heavy (non-hydrogen) atoms. The van der Waals surface area contributed by atoms with Gasteiger partial charge in [0.05, 0.1) is 0 Å². The van der Waals surface area contributed by atoms with Crippen molar-refractivity contribution < 1.29 is 57.4 Å². The summed E-state index contributed by atoms with van der Waals surface area (Å²) in [4.78, 5) is 57.0. The van der Waals surface area contributed by atoms with Crippen LogP contribution in [0.1, 0.15) is 0 Å². The maximum absolute atomic E-state index is 8.70. The molecule has 0 heterocycles. The third-order valence-electron chi connectivity index (χ3n) is 0. The molecule has 124 valence electrons. The van der Waals surface area contributed by atoms with Crippen LogP contribution in [0.3, 0.4) is 0 Å². The molecule has 0 bridgehead atoms. The number of hydrogen-bond acceptors (Lipinski definition) is 6. The topological polar surface area (TPSA) is 300 Å². The first-order valence-electron chi connectivity index (χ1n) is 2.83. The van der Waals surface area contributed by atoms with Crippen LogP contribution >= 0.6 is 33.0 Å². The summed E-state index contributed by atoms with van der Waals surface area (Å²) in [7, 11) is -11.5. The number of rotatable bonds is 0. The van der Waals surface area contributed by atoms with Crippen LogP contribution in [0.2, 0.25) is 0 Å². The highest BCUT2D eigenvalue weighted by Crippen LogP contribution is 1.99. The summed E-state index contributed by atoms with van der Waals surface area (Å²) in [6, 6.07) is 0. The molecule has 0 unspecified atom stereocenters. The average Bonchev–Trinajstić information content (AvgIpc) is 2.01. The minimum Gasteiger partial charge on any atom is -0.344 e. The molecular formula is C2H18N2O12P4+4. The van der Waals surface area contributed by atoms with Gasteiger partial charge in [0.2, 0.25) is 0 Å². The first-order chi connectivity index (χ1) is 7.93. The summed E-state index contributed by atoms with van der Waals surface area (Å²) in [5.74, 6) is 0. The number of hydrogen-bond donors (Lipinski definition) is 10. The Morgan fingerprint density at radius 2 is 0.450 bits per heavy atom. The van der Waals surface area contributed by atoms with Crippen LogP contribution in [0, 0.1) is 0 Å². The normalized spacial score (nSPS) is 5.40. The lowest BCUT2D eigenvalue weighted by atomic mass is 11.3. The Balaban J connectivity index is -0.0000000209. The van der Waals surface area contributed by atoms with Crippen LogP contribution in [-0.2, 0) is 18.3 Å². The molecule has 0 saturated carbocycles. The summed E-state index contributed by atoms with van der Waals surface area (Å²) in [5, 5.41) is 0. The lowest BCUT2D eigenvalue weighted by Crippen LogP contribution is -1.38. The third kappa shape index (κ3) is 73500. The largest absolute Gasteiger partial charge is 0.692 e. The molecule has 0 radical (unpaired) electrons. The Morgan fingerprint density at radius 3 is 0.450 bits per heavy atom. The summed E-state index contributed by atoms with van der Waals surface area (Å²) < 4.78 is 34.8. The predicted molar refractivity (Wildman–Crippen MR) is 69.5 cm³/mol. The molecule has 0 aromatic rings. The molecule has 0 spiro atoms. The first-order valence-corrected chi connectivity index (χ1v) is 7.49. The zero-order valence-electron chi connectivity index (χ0n) is 9.83. The lowest BCUT2D eigenvalue weighted by Gasteiger charge is -1.34.